The molecule has 0 unspecified atom stereocenters. The molecule has 0 aromatic rings. The summed E-state index contributed by atoms with van der Waals surface area (Å²) in [6, 6.07) is -0.705. The van der Waals surface area contributed by atoms with Gasteiger partial charge in [-0.05, 0) is 0 Å². The Kier molecular flexibility index (Phi) is 4.24. The number of ether oxygens (including phenoxy) is 2. The number of hydrogen-bond acceptors (Lipinski definition) is 6. The number of hydrogen-bond donors (Lipinski definition) is 4. The van der Waals surface area contributed by atoms with E-state index in [-0.39, 0.29) is 13.2 Å². The molecule has 6 nitrogen and oxygen atoms in total. The van der Waals surface area contributed by atoms with Crippen molar-refractivity contribution in [2.45, 2.75) is 24.5 Å². The van der Waals surface area contributed by atoms with Gasteiger partial charge in [-0.2, -0.15) is 0 Å². The van der Waals surface area contributed by atoms with Crippen LogP contribution in [0, 0.1) is 5.92 Å². The molecule has 1 aliphatic heterocycles. The third kappa shape index (κ3) is 2.05. The van der Waals surface area contributed by atoms with Crippen LogP contribution in [0.1, 0.15) is 0 Å². The lowest BCUT2D eigenvalue weighted by Gasteiger charge is -2.41. The minimum Gasteiger partial charge on any atom is -0.396 e. The van der Waals surface area contributed by atoms with Crippen LogP contribution in [0.4, 0.5) is 0 Å². The van der Waals surface area contributed by atoms with Crippen LogP contribution in [0.15, 0.2) is 0 Å². The first-order valence-electron chi connectivity index (χ1n) is 4.49. The van der Waals surface area contributed by atoms with Gasteiger partial charge in [0.25, 0.3) is 0 Å². The lowest BCUT2D eigenvalue weighted by Crippen LogP contribution is -2.60. The van der Waals surface area contributed by atoms with Crippen LogP contribution < -0.4 is 5.73 Å². The lowest BCUT2D eigenvalue weighted by atomic mass is 9.90. The van der Waals surface area contributed by atoms with Crippen molar-refractivity contribution in [1.82, 2.24) is 0 Å². The van der Waals surface area contributed by atoms with E-state index in [0.717, 1.165) is 0 Å². The van der Waals surface area contributed by atoms with Crippen LogP contribution in [0.2, 0.25) is 0 Å². The number of methoxy groups -OCH3 is 1. The summed E-state index contributed by atoms with van der Waals surface area (Å²) in [6.45, 7) is -0.554. The van der Waals surface area contributed by atoms with E-state index < -0.39 is 30.5 Å². The molecule has 14 heavy (non-hydrogen) atoms. The molecule has 0 spiro atoms. The lowest BCUT2D eigenvalue weighted by molar-refractivity contribution is -0.255. The number of nitrogens with two attached hydrogens (primary N) is 1. The van der Waals surface area contributed by atoms with E-state index in [0.29, 0.717) is 0 Å². The zero-order valence-electron chi connectivity index (χ0n) is 8.04. The van der Waals surface area contributed by atoms with Gasteiger partial charge in [0, 0.05) is 7.11 Å². The Labute approximate surface area is 82.2 Å². The predicted molar refractivity (Wildman–Crippen MR) is 47.3 cm³/mol. The third-order valence-corrected chi connectivity index (χ3v) is 2.54. The molecule has 6 heteroatoms. The maximum Gasteiger partial charge on any atom is 0.165 e. The topological polar surface area (TPSA) is 105 Å². The molecule has 0 radical (unpaired) electrons. The molecule has 1 rings (SSSR count). The Morgan fingerprint density at radius 3 is 2.43 bits per heavy atom. The van der Waals surface area contributed by atoms with Crippen LogP contribution >= 0.6 is 0 Å². The molecule has 0 bridgehead atoms. The fourth-order valence-electron chi connectivity index (χ4n) is 1.62. The molecule has 0 saturated carbocycles. The molecule has 0 aromatic carbocycles. The van der Waals surface area contributed by atoms with Crippen molar-refractivity contribution in [1.29, 1.82) is 0 Å². The van der Waals surface area contributed by atoms with Crippen LogP contribution in [-0.2, 0) is 9.47 Å². The Balaban J connectivity index is 2.71. The number of aliphatic hydroxyl groups excluding tert-OH is 3. The average Bonchev–Trinajstić information content (AvgIpc) is 2.21. The second-order valence-corrected chi connectivity index (χ2v) is 3.38. The van der Waals surface area contributed by atoms with Crippen molar-refractivity contribution in [3.05, 3.63) is 0 Å². The van der Waals surface area contributed by atoms with Gasteiger partial charge in [0.1, 0.15) is 6.10 Å². The average molecular weight is 207 g/mol. The Morgan fingerprint density at radius 2 is 2.00 bits per heavy atom. The first kappa shape index (κ1) is 11.8. The molecule has 5 N–H and O–H groups in total. The number of aliphatic hydroxyl groups is 3. The number of rotatable bonds is 3. The van der Waals surface area contributed by atoms with E-state index in [4.69, 9.17) is 25.4 Å². The molecule has 0 aliphatic carbocycles. The van der Waals surface area contributed by atoms with Crippen molar-refractivity contribution in [3.8, 4) is 0 Å². The first-order valence-corrected chi connectivity index (χ1v) is 4.49. The molecular formula is C8H17NO5. The van der Waals surface area contributed by atoms with Gasteiger partial charge >= 0.3 is 0 Å². The van der Waals surface area contributed by atoms with Gasteiger partial charge in [-0.3, -0.25) is 0 Å². The van der Waals surface area contributed by atoms with Crippen LogP contribution in [0.3, 0.4) is 0 Å². The monoisotopic (exact) mass is 207 g/mol. The molecule has 0 amide bonds. The second kappa shape index (κ2) is 5.01. The Morgan fingerprint density at radius 1 is 1.36 bits per heavy atom. The minimum atomic E-state index is -0.934. The first-order chi connectivity index (χ1) is 6.65. The van der Waals surface area contributed by atoms with E-state index in [1.807, 2.05) is 0 Å². The van der Waals surface area contributed by atoms with Gasteiger partial charge in [-0.15, -0.1) is 0 Å². The molecule has 1 saturated heterocycles. The van der Waals surface area contributed by atoms with Gasteiger partial charge in [-0.1, -0.05) is 0 Å². The summed E-state index contributed by atoms with van der Waals surface area (Å²) in [5.41, 5.74) is 5.61. The van der Waals surface area contributed by atoms with Gasteiger partial charge in [0.2, 0.25) is 0 Å². The summed E-state index contributed by atoms with van der Waals surface area (Å²) < 4.78 is 10.2. The smallest absolute Gasteiger partial charge is 0.165 e. The molecule has 5 atom stereocenters. The third-order valence-electron chi connectivity index (χ3n) is 2.54. The Hall–Kier alpha value is -0.240. The zero-order valence-corrected chi connectivity index (χ0v) is 8.04. The summed E-state index contributed by atoms with van der Waals surface area (Å²) in [4.78, 5) is 0. The van der Waals surface area contributed by atoms with E-state index in [2.05, 4.69) is 0 Å². The van der Waals surface area contributed by atoms with E-state index in [1.54, 1.807) is 0 Å². The van der Waals surface area contributed by atoms with E-state index in [1.165, 1.54) is 7.11 Å². The molecular weight excluding hydrogens is 190 g/mol. The van der Waals surface area contributed by atoms with Crippen molar-refractivity contribution < 1.29 is 24.8 Å². The predicted octanol–water partition coefficient (Wildman–Crippen LogP) is -2.35. The van der Waals surface area contributed by atoms with E-state index >= 15 is 0 Å². The quantitative estimate of drug-likeness (QED) is 0.413. The van der Waals surface area contributed by atoms with Crippen molar-refractivity contribution in [3.63, 3.8) is 0 Å². The van der Waals surface area contributed by atoms with Gasteiger partial charge in [-0.25, -0.2) is 0 Å². The molecule has 1 fully saturated rings. The van der Waals surface area contributed by atoms with Gasteiger partial charge in [0.05, 0.1) is 31.3 Å². The standard InChI is InChI=1S/C8H17NO5/c1-13-8-4(2-10)7(12)6(9)5(3-11)14-8/h4-8,10-12H,2-3,9H2,1H3/t4-,5+,6-,7-,8-/m1/s1. The van der Waals surface area contributed by atoms with Crippen LogP contribution in [0.5, 0.6) is 0 Å². The highest BCUT2D eigenvalue weighted by Gasteiger charge is 2.42. The Bertz CT molecular complexity index is 177. The fourth-order valence-corrected chi connectivity index (χ4v) is 1.62. The van der Waals surface area contributed by atoms with Gasteiger partial charge in [0.15, 0.2) is 6.29 Å². The van der Waals surface area contributed by atoms with Crippen LogP contribution in [-0.4, -0.2) is 60.2 Å². The van der Waals surface area contributed by atoms with Crippen molar-refractivity contribution in [2.75, 3.05) is 20.3 Å². The largest absolute Gasteiger partial charge is 0.396 e. The summed E-state index contributed by atoms with van der Waals surface area (Å²) in [5, 5.41) is 27.6. The normalized spacial score (nSPS) is 43.9. The maximum atomic E-state index is 9.68. The highest BCUT2D eigenvalue weighted by Crippen LogP contribution is 2.25. The summed E-state index contributed by atoms with van der Waals surface area (Å²) in [7, 11) is 1.41. The summed E-state index contributed by atoms with van der Waals surface area (Å²) in [6.07, 6.45) is -2.32. The fraction of sp³-hybridized carbons (Fsp3) is 1.00. The van der Waals surface area contributed by atoms with Gasteiger partial charge < -0.3 is 30.5 Å². The minimum absolute atomic E-state index is 0.272. The molecule has 0 aromatic heterocycles. The van der Waals surface area contributed by atoms with Crippen molar-refractivity contribution in [2.24, 2.45) is 11.7 Å². The van der Waals surface area contributed by atoms with E-state index in [9.17, 15) is 5.11 Å². The zero-order chi connectivity index (χ0) is 10.7. The molecule has 1 aliphatic rings. The molecule has 84 valence electrons. The van der Waals surface area contributed by atoms with Crippen molar-refractivity contribution >= 4 is 0 Å². The maximum absolute atomic E-state index is 9.68. The summed E-state index contributed by atoms with van der Waals surface area (Å²) >= 11 is 0. The highest BCUT2D eigenvalue weighted by molar-refractivity contribution is 4.91. The molecule has 1 heterocycles. The second-order valence-electron chi connectivity index (χ2n) is 3.38. The highest BCUT2D eigenvalue weighted by atomic mass is 16.7. The van der Waals surface area contributed by atoms with Crippen LogP contribution in [0.25, 0.3) is 0 Å². The summed E-state index contributed by atoms with van der Waals surface area (Å²) in [5.74, 6) is -0.571. The SMILES string of the molecule is CO[C@@H]1O[C@@H](CO)[C@@H](N)[C@H](O)[C@H]1CO.